The molecule has 0 spiro atoms. The lowest BCUT2D eigenvalue weighted by atomic mass is 9.98. The van der Waals surface area contributed by atoms with Crippen molar-refractivity contribution in [2.45, 2.75) is 26.8 Å². The lowest BCUT2D eigenvalue weighted by Crippen LogP contribution is -2.27. The number of hydrogen-bond donors (Lipinski definition) is 3. The smallest absolute Gasteiger partial charge is 0.196 e. The zero-order chi connectivity index (χ0) is 23.7. The summed E-state index contributed by atoms with van der Waals surface area (Å²) in [5.74, 6) is 0.616. The van der Waals surface area contributed by atoms with Gasteiger partial charge in [-0.15, -0.1) is 0 Å². The molecule has 1 aliphatic heterocycles. The Kier molecular flexibility index (Phi) is 5.68. The largest absolute Gasteiger partial charge is 0.455 e. The van der Waals surface area contributed by atoms with Crippen LogP contribution in [0.15, 0.2) is 94.3 Å². The fourth-order valence-corrected chi connectivity index (χ4v) is 4.42. The van der Waals surface area contributed by atoms with Gasteiger partial charge in [0.25, 0.3) is 0 Å². The Morgan fingerprint density at radius 3 is 2.50 bits per heavy atom. The molecule has 170 valence electrons. The van der Waals surface area contributed by atoms with Crippen molar-refractivity contribution in [1.29, 1.82) is 0 Å². The van der Waals surface area contributed by atoms with Crippen LogP contribution < -0.4 is 21.6 Å². The van der Waals surface area contributed by atoms with E-state index < -0.39 is 0 Å². The third-order valence-corrected chi connectivity index (χ3v) is 6.13. The third kappa shape index (κ3) is 3.97. The summed E-state index contributed by atoms with van der Waals surface area (Å²) >= 11 is 0. The first kappa shape index (κ1) is 21.6. The van der Waals surface area contributed by atoms with E-state index in [0.29, 0.717) is 22.3 Å². The van der Waals surface area contributed by atoms with Crippen LogP contribution in [0.1, 0.15) is 35.2 Å². The molecular formula is C29H27N3O2. The van der Waals surface area contributed by atoms with Crippen LogP contribution >= 0.6 is 0 Å². The molecule has 1 unspecified atom stereocenters. The molecule has 3 aromatic carbocycles. The second-order valence-electron chi connectivity index (χ2n) is 8.60. The molecule has 1 aromatic heterocycles. The number of hydrazine groups is 1. The minimum absolute atomic E-state index is 0.00655. The number of aryl methyl sites for hydroxylation is 1. The standard InChI is InChI=1S/C29H27N3O2/c1-18-16-23(20(3)31-25-13-8-7-12-22(25)26-14-9-15-30-32-26)29-24(17-18)27(33)19(2)28(34-29)21-10-5-4-6-11-21/h4-17,20,30-32H,1-3H3. The van der Waals surface area contributed by atoms with Gasteiger partial charge in [-0.05, 0) is 50.6 Å². The molecule has 0 saturated carbocycles. The summed E-state index contributed by atoms with van der Waals surface area (Å²) in [6.45, 7) is 5.94. The average Bonchev–Trinajstić information content (AvgIpc) is 2.87. The van der Waals surface area contributed by atoms with Crippen LogP contribution in [-0.4, -0.2) is 0 Å². The summed E-state index contributed by atoms with van der Waals surface area (Å²) in [6.07, 6.45) is 5.83. The van der Waals surface area contributed by atoms with Gasteiger partial charge in [0.2, 0.25) is 0 Å². The SMILES string of the molecule is Cc1cc(C(C)Nc2ccccc2C2=CC=CNN2)c2oc(-c3ccccc3)c(C)c(=O)c2c1. The normalized spacial score (nSPS) is 13.7. The Bertz CT molecular complexity index is 1480. The van der Waals surface area contributed by atoms with E-state index in [-0.39, 0.29) is 11.5 Å². The summed E-state index contributed by atoms with van der Waals surface area (Å²) in [7, 11) is 0. The molecule has 0 radical (unpaired) electrons. The predicted molar refractivity (Wildman–Crippen MR) is 139 cm³/mol. The quantitative estimate of drug-likeness (QED) is 0.338. The second kappa shape index (κ2) is 8.94. The van der Waals surface area contributed by atoms with E-state index in [1.165, 1.54) is 0 Å². The van der Waals surface area contributed by atoms with Crippen molar-refractivity contribution < 1.29 is 4.42 Å². The van der Waals surface area contributed by atoms with Gasteiger partial charge in [-0.2, -0.15) is 0 Å². The Balaban J connectivity index is 1.62. The monoisotopic (exact) mass is 449 g/mol. The molecule has 2 heterocycles. The lowest BCUT2D eigenvalue weighted by Gasteiger charge is -2.22. The van der Waals surface area contributed by atoms with Crippen molar-refractivity contribution in [3.8, 4) is 11.3 Å². The minimum atomic E-state index is -0.106. The number of nitrogens with one attached hydrogen (secondary N) is 3. The molecular weight excluding hydrogens is 422 g/mol. The van der Waals surface area contributed by atoms with Gasteiger partial charge in [0, 0.05) is 34.1 Å². The van der Waals surface area contributed by atoms with Gasteiger partial charge in [-0.25, -0.2) is 0 Å². The van der Waals surface area contributed by atoms with Gasteiger partial charge in [0.1, 0.15) is 11.3 Å². The van der Waals surface area contributed by atoms with Crippen molar-refractivity contribution in [3.63, 3.8) is 0 Å². The maximum Gasteiger partial charge on any atom is 0.196 e. The van der Waals surface area contributed by atoms with Crippen LogP contribution in [0.25, 0.3) is 28.0 Å². The number of anilines is 1. The first-order valence-electron chi connectivity index (χ1n) is 11.4. The van der Waals surface area contributed by atoms with E-state index in [9.17, 15) is 4.79 Å². The highest BCUT2D eigenvalue weighted by atomic mass is 16.3. The molecule has 5 nitrogen and oxygen atoms in total. The number of rotatable bonds is 5. The second-order valence-corrected chi connectivity index (χ2v) is 8.60. The first-order chi connectivity index (χ1) is 16.5. The van der Waals surface area contributed by atoms with Crippen molar-refractivity contribution in [2.75, 3.05) is 5.32 Å². The van der Waals surface area contributed by atoms with Crippen LogP contribution in [-0.2, 0) is 0 Å². The molecule has 1 aliphatic rings. The molecule has 4 aromatic rings. The van der Waals surface area contributed by atoms with Crippen LogP contribution in [0.3, 0.4) is 0 Å². The molecule has 0 bridgehead atoms. The molecule has 0 fully saturated rings. The molecule has 34 heavy (non-hydrogen) atoms. The van der Waals surface area contributed by atoms with Crippen molar-refractivity contribution in [3.05, 3.63) is 118 Å². The summed E-state index contributed by atoms with van der Waals surface area (Å²) in [5, 5.41) is 4.25. The zero-order valence-electron chi connectivity index (χ0n) is 19.5. The van der Waals surface area contributed by atoms with Crippen molar-refractivity contribution >= 4 is 22.4 Å². The molecule has 5 heteroatoms. The zero-order valence-corrected chi connectivity index (χ0v) is 19.5. The lowest BCUT2D eigenvalue weighted by molar-refractivity contribution is 0.605. The molecule has 0 saturated heterocycles. The Morgan fingerprint density at radius 2 is 1.74 bits per heavy atom. The third-order valence-electron chi connectivity index (χ3n) is 6.13. The fraction of sp³-hybridized carbons (Fsp3) is 0.138. The molecule has 0 aliphatic carbocycles. The molecule has 3 N–H and O–H groups in total. The van der Waals surface area contributed by atoms with E-state index in [0.717, 1.165) is 33.6 Å². The summed E-state index contributed by atoms with van der Waals surface area (Å²) < 4.78 is 6.47. The van der Waals surface area contributed by atoms with Crippen LogP contribution in [0.2, 0.25) is 0 Å². The van der Waals surface area contributed by atoms with Crippen LogP contribution in [0.4, 0.5) is 5.69 Å². The molecule has 0 amide bonds. The van der Waals surface area contributed by atoms with Crippen LogP contribution in [0.5, 0.6) is 0 Å². The Labute approximate surface area is 198 Å². The molecule has 5 rings (SSSR count). The predicted octanol–water partition coefficient (Wildman–Crippen LogP) is 6.21. The Morgan fingerprint density at radius 1 is 0.971 bits per heavy atom. The minimum Gasteiger partial charge on any atom is -0.455 e. The fourth-order valence-electron chi connectivity index (χ4n) is 4.42. The van der Waals surface area contributed by atoms with Gasteiger partial charge in [0.05, 0.1) is 17.1 Å². The van der Waals surface area contributed by atoms with E-state index in [1.54, 1.807) is 0 Å². The van der Waals surface area contributed by atoms with Gasteiger partial charge < -0.3 is 20.6 Å². The number of hydrogen-bond acceptors (Lipinski definition) is 5. The van der Waals surface area contributed by atoms with Gasteiger partial charge in [-0.1, -0.05) is 54.6 Å². The highest BCUT2D eigenvalue weighted by Gasteiger charge is 2.20. The van der Waals surface area contributed by atoms with Gasteiger partial charge >= 0.3 is 0 Å². The summed E-state index contributed by atoms with van der Waals surface area (Å²) in [4.78, 5) is 13.4. The number of fused-ring (bicyclic) bond motifs is 1. The van der Waals surface area contributed by atoms with Crippen LogP contribution in [0, 0.1) is 13.8 Å². The van der Waals surface area contributed by atoms with E-state index in [4.69, 9.17) is 4.42 Å². The first-order valence-corrected chi connectivity index (χ1v) is 11.4. The van der Waals surface area contributed by atoms with Crippen molar-refractivity contribution in [2.24, 2.45) is 0 Å². The highest BCUT2D eigenvalue weighted by molar-refractivity contribution is 5.85. The maximum atomic E-state index is 13.4. The van der Waals surface area contributed by atoms with Gasteiger partial charge in [0.15, 0.2) is 5.43 Å². The van der Waals surface area contributed by atoms with Crippen molar-refractivity contribution in [1.82, 2.24) is 10.9 Å². The van der Waals surface area contributed by atoms with E-state index in [2.05, 4.69) is 41.3 Å². The highest BCUT2D eigenvalue weighted by Crippen LogP contribution is 2.33. The maximum absolute atomic E-state index is 13.4. The number of allylic oxidation sites excluding steroid dienone is 2. The number of benzene rings is 3. The van der Waals surface area contributed by atoms with Gasteiger partial charge in [-0.3, -0.25) is 4.79 Å². The average molecular weight is 450 g/mol. The summed E-state index contributed by atoms with van der Waals surface area (Å²) in [6, 6.07) is 21.9. The topological polar surface area (TPSA) is 66.3 Å². The van der Waals surface area contributed by atoms with E-state index in [1.807, 2.05) is 80.7 Å². The van der Waals surface area contributed by atoms with E-state index >= 15 is 0 Å². The summed E-state index contributed by atoms with van der Waals surface area (Å²) in [5.41, 5.74) is 13.3. The molecule has 1 atom stereocenters. The number of para-hydroxylation sites is 1. The Hall–Kier alpha value is -4.25.